The van der Waals surface area contributed by atoms with Crippen molar-refractivity contribution in [2.45, 2.75) is 0 Å². The molecule has 0 aliphatic heterocycles. The van der Waals surface area contributed by atoms with Crippen LogP contribution in [-0.2, 0) is 4.74 Å². The molecule has 0 atom stereocenters. The molecule has 7 heteroatoms. The Kier molecular flexibility index (Phi) is 5.00. The summed E-state index contributed by atoms with van der Waals surface area (Å²) in [5.74, 6) is -2.13. The van der Waals surface area contributed by atoms with E-state index in [4.69, 9.17) is 23.2 Å². The van der Waals surface area contributed by atoms with E-state index in [0.717, 1.165) is 6.07 Å². The van der Waals surface area contributed by atoms with Crippen LogP contribution in [0.1, 0.15) is 20.7 Å². The zero-order valence-electron chi connectivity index (χ0n) is 11.3. The fourth-order valence-electron chi connectivity index (χ4n) is 1.78. The third kappa shape index (κ3) is 3.37. The number of nitrogens with one attached hydrogen (secondary N) is 1. The lowest BCUT2D eigenvalue weighted by atomic mass is 10.1. The van der Waals surface area contributed by atoms with Crippen molar-refractivity contribution in [3.05, 3.63) is 63.4 Å². The van der Waals surface area contributed by atoms with Gasteiger partial charge in [0.15, 0.2) is 0 Å². The van der Waals surface area contributed by atoms with Crippen LogP contribution in [0.25, 0.3) is 0 Å². The minimum absolute atomic E-state index is 0.0142. The van der Waals surface area contributed by atoms with Crippen molar-refractivity contribution in [2.24, 2.45) is 0 Å². The molecule has 2 aromatic rings. The summed E-state index contributed by atoms with van der Waals surface area (Å²) in [6.07, 6.45) is 0. The summed E-state index contributed by atoms with van der Waals surface area (Å²) in [6.45, 7) is 0. The highest BCUT2D eigenvalue weighted by Gasteiger charge is 2.17. The van der Waals surface area contributed by atoms with Gasteiger partial charge in [-0.3, -0.25) is 4.79 Å². The summed E-state index contributed by atoms with van der Waals surface area (Å²) >= 11 is 11.7. The number of rotatable bonds is 3. The number of ether oxygens (including phenoxy) is 1. The maximum Gasteiger partial charge on any atom is 0.339 e. The van der Waals surface area contributed by atoms with Gasteiger partial charge in [0.1, 0.15) is 5.82 Å². The lowest BCUT2D eigenvalue weighted by molar-refractivity contribution is 0.0600. The SMILES string of the molecule is COC(=O)c1cc(NC(=O)c2c(F)cccc2Cl)ccc1Cl. The molecule has 0 aliphatic carbocycles. The topological polar surface area (TPSA) is 55.4 Å². The quantitative estimate of drug-likeness (QED) is 0.852. The smallest absolute Gasteiger partial charge is 0.339 e. The van der Waals surface area contributed by atoms with E-state index in [2.05, 4.69) is 10.1 Å². The van der Waals surface area contributed by atoms with E-state index < -0.39 is 17.7 Å². The van der Waals surface area contributed by atoms with E-state index in [0.29, 0.717) is 0 Å². The number of anilines is 1. The van der Waals surface area contributed by atoms with E-state index in [9.17, 15) is 14.0 Å². The maximum absolute atomic E-state index is 13.7. The van der Waals surface area contributed by atoms with Crippen molar-refractivity contribution in [1.29, 1.82) is 0 Å². The van der Waals surface area contributed by atoms with Crippen LogP contribution in [0.5, 0.6) is 0 Å². The number of carbonyl (C=O) groups excluding carboxylic acids is 2. The Hall–Kier alpha value is -2.11. The molecule has 0 spiro atoms. The Bertz CT molecular complexity index is 729. The monoisotopic (exact) mass is 341 g/mol. The highest BCUT2D eigenvalue weighted by molar-refractivity contribution is 6.35. The molecule has 0 saturated heterocycles. The van der Waals surface area contributed by atoms with Gasteiger partial charge in [-0.15, -0.1) is 0 Å². The third-order valence-corrected chi connectivity index (χ3v) is 3.46. The number of esters is 1. The van der Waals surface area contributed by atoms with Crippen molar-refractivity contribution >= 4 is 40.8 Å². The molecule has 2 aromatic carbocycles. The zero-order valence-corrected chi connectivity index (χ0v) is 12.8. The number of benzene rings is 2. The van der Waals surface area contributed by atoms with Crippen LogP contribution in [0.3, 0.4) is 0 Å². The molecule has 114 valence electrons. The van der Waals surface area contributed by atoms with Crippen LogP contribution >= 0.6 is 23.2 Å². The number of carbonyl (C=O) groups is 2. The molecule has 0 unspecified atom stereocenters. The summed E-state index contributed by atoms with van der Waals surface area (Å²) in [4.78, 5) is 23.7. The van der Waals surface area contributed by atoms with Crippen molar-refractivity contribution in [1.82, 2.24) is 0 Å². The molecular formula is C15H10Cl2FNO3. The van der Waals surface area contributed by atoms with Crippen LogP contribution in [0.15, 0.2) is 36.4 Å². The Morgan fingerprint density at radius 1 is 1.14 bits per heavy atom. The molecule has 1 N–H and O–H groups in total. The Morgan fingerprint density at radius 2 is 1.86 bits per heavy atom. The standard InChI is InChI=1S/C15H10Cl2FNO3/c1-22-15(21)9-7-8(5-6-10(9)16)19-14(20)13-11(17)3-2-4-12(13)18/h2-7H,1H3,(H,19,20). The predicted octanol–water partition coefficient (Wildman–Crippen LogP) is 4.17. The van der Waals surface area contributed by atoms with Gasteiger partial charge >= 0.3 is 5.97 Å². The first-order valence-electron chi connectivity index (χ1n) is 6.07. The van der Waals surface area contributed by atoms with Crippen LogP contribution < -0.4 is 5.32 Å². The van der Waals surface area contributed by atoms with Crippen molar-refractivity contribution in [2.75, 3.05) is 12.4 Å². The highest BCUT2D eigenvalue weighted by atomic mass is 35.5. The van der Waals surface area contributed by atoms with Crippen molar-refractivity contribution in [3.8, 4) is 0 Å². The minimum atomic E-state index is -0.743. The van der Waals surface area contributed by atoms with Crippen LogP contribution in [0, 0.1) is 5.82 Å². The second kappa shape index (κ2) is 6.77. The van der Waals surface area contributed by atoms with E-state index in [1.165, 1.54) is 37.4 Å². The Morgan fingerprint density at radius 3 is 2.50 bits per heavy atom. The second-order valence-corrected chi connectivity index (χ2v) is 5.05. The van der Waals surface area contributed by atoms with E-state index in [-0.39, 0.29) is 26.9 Å². The van der Waals surface area contributed by atoms with Gasteiger partial charge in [0.25, 0.3) is 5.91 Å². The first kappa shape index (κ1) is 16.3. The van der Waals surface area contributed by atoms with Gasteiger partial charge < -0.3 is 10.1 Å². The second-order valence-electron chi connectivity index (χ2n) is 4.24. The van der Waals surface area contributed by atoms with Gasteiger partial charge in [0, 0.05) is 5.69 Å². The zero-order chi connectivity index (χ0) is 16.3. The lowest BCUT2D eigenvalue weighted by Crippen LogP contribution is -2.15. The van der Waals surface area contributed by atoms with E-state index in [1.54, 1.807) is 0 Å². The Labute approximate surface area is 135 Å². The first-order valence-corrected chi connectivity index (χ1v) is 6.83. The van der Waals surface area contributed by atoms with E-state index >= 15 is 0 Å². The van der Waals surface area contributed by atoms with Gasteiger partial charge in [-0.05, 0) is 30.3 Å². The molecule has 22 heavy (non-hydrogen) atoms. The molecule has 0 aliphatic rings. The van der Waals surface area contributed by atoms with Gasteiger partial charge in [-0.25, -0.2) is 9.18 Å². The molecule has 0 fully saturated rings. The summed E-state index contributed by atoms with van der Waals surface area (Å²) in [6, 6.07) is 8.16. The maximum atomic E-state index is 13.7. The van der Waals surface area contributed by atoms with Gasteiger partial charge in [0.2, 0.25) is 0 Å². The fourth-order valence-corrected chi connectivity index (χ4v) is 2.22. The molecular weight excluding hydrogens is 332 g/mol. The van der Waals surface area contributed by atoms with Crippen molar-refractivity contribution < 1.29 is 18.7 Å². The average molecular weight is 342 g/mol. The van der Waals surface area contributed by atoms with Gasteiger partial charge in [-0.2, -0.15) is 0 Å². The number of halogens is 3. The van der Waals surface area contributed by atoms with Crippen molar-refractivity contribution in [3.63, 3.8) is 0 Å². The van der Waals surface area contributed by atoms with Crippen LogP contribution in [0.2, 0.25) is 10.0 Å². The minimum Gasteiger partial charge on any atom is -0.465 e. The molecule has 0 aromatic heterocycles. The summed E-state index contributed by atoms with van der Waals surface area (Å²) < 4.78 is 18.3. The summed E-state index contributed by atoms with van der Waals surface area (Å²) in [5, 5.41) is 2.62. The average Bonchev–Trinajstić information content (AvgIpc) is 2.48. The van der Waals surface area contributed by atoms with Gasteiger partial charge in [-0.1, -0.05) is 29.3 Å². The third-order valence-electron chi connectivity index (χ3n) is 2.82. The molecule has 0 saturated carbocycles. The normalized spacial score (nSPS) is 10.2. The molecule has 1 amide bonds. The molecule has 0 bridgehead atoms. The van der Waals surface area contributed by atoms with Crippen LogP contribution in [0.4, 0.5) is 10.1 Å². The van der Waals surface area contributed by atoms with Gasteiger partial charge in [0.05, 0.1) is 28.3 Å². The predicted molar refractivity (Wildman–Crippen MR) is 82.2 cm³/mol. The summed E-state index contributed by atoms with van der Waals surface area (Å²) in [5.41, 5.74) is 0.0643. The lowest BCUT2D eigenvalue weighted by Gasteiger charge is -2.09. The number of hydrogen-bond acceptors (Lipinski definition) is 3. The fraction of sp³-hybridized carbons (Fsp3) is 0.0667. The first-order chi connectivity index (χ1) is 10.4. The molecule has 4 nitrogen and oxygen atoms in total. The largest absolute Gasteiger partial charge is 0.465 e. The number of methoxy groups -OCH3 is 1. The summed E-state index contributed by atoms with van der Waals surface area (Å²) in [7, 11) is 1.21. The van der Waals surface area contributed by atoms with E-state index in [1.807, 2.05) is 0 Å². The molecule has 0 heterocycles. The highest BCUT2D eigenvalue weighted by Crippen LogP contribution is 2.24. The van der Waals surface area contributed by atoms with Crippen LogP contribution in [-0.4, -0.2) is 19.0 Å². The number of hydrogen-bond donors (Lipinski definition) is 1. The molecule has 0 radical (unpaired) electrons. The number of amides is 1. The molecule has 2 rings (SSSR count). The Balaban J connectivity index is 2.31.